The molecule has 3 atom stereocenters. The maximum atomic E-state index is 13.8. The Labute approximate surface area is 129 Å². The normalized spacial score (nSPS) is 27.2. The van der Waals surface area contributed by atoms with Crippen LogP contribution < -0.4 is 0 Å². The lowest BCUT2D eigenvalue weighted by molar-refractivity contribution is -0.150. The first-order valence-electron chi connectivity index (χ1n) is 7.70. The van der Waals surface area contributed by atoms with Gasteiger partial charge in [0.2, 0.25) is 5.91 Å². The van der Waals surface area contributed by atoms with Gasteiger partial charge in [-0.25, -0.2) is 4.39 Å². The van der Waals surface area contributed by atoms with Crippen molar-refractivity contribution in [1.29, 1.82) is 0 Å². The number of fused-ring (bicyclic) bond motifs is 1. The molecule has 0 N–H and O–H groups in total. The van der Waals surface area contributed by atoms with Crippen LogP contribution in [-0.4, -0.2) is 36.5 Å². The average Bonchev–Trinajstić information content (AvgIpc) is 3.09. The second-order valence-corrected chi connectivity index (χ2v) is 6.24. The molecule has 1 amide bonds. The van der Waals surface area contributed by atoms with E-state index in [4.69, 9.17) is 4.74 Å². The number of benzene rings is 1. The first-order valence-corrected chi connectivity index (χ1v) is 7.70. The van der Waals surface area contributed by atoms with E-state index in [0.717, 1.165) is 6.42 Å². The molecule has 4 nitrogen and oxygen atoms in total. The third-order valence-electron chi connectivity index (χ3n) is 4.88. The Morgan fingerprint density at radius 1 is 1.45 bits per heavy atom. The number of rotatable bonds is 4. The molecule has 0 radical (unpaired) electrons. The van der Waals surface area contributed by atoms with Crippen LogP contribution in [0.15, 0.2) is 24.3 Å². The van der Waals surface area contributed by atoms with Crippen molar-refractivity contribution in [3.8, 4) is 0 Å². The zero-order chi connectivity index (χ0) is 15.9. The number of halogens is 1. The maximum Gasteiger partial charge on any atom is 0.314 e. The van der Waals surface area contributed by atoms with Gasteiger partial charge in [-0.3, -0.25) is 9.59 Å². The Bertz CT molecular complexity index is 618. The Balaban J connectivity index is 1.70. The Kier molecular flexibility index (Phi) is 3.67. The monoisotopic (exact) mass is 305 g/mol. The summed E-state index contributed by atoms with van der Waals surface area (Å²) in [6.45, 7) is 4.81. The zero-order valence-electron chi connectivity index (χ0n) is 12.8. The standard InChI is InChI=1S/C17H20FNO3/c1-3-22-16(21)17-8-12(17)9-19(10-17)15(20)11(2)13-6-4-5-7-14(13)18/h4-7,11-12H,3,8-10H2,1-2H3/t11?,12-,17-/m0/s1. The van der Waals surface area contributed by atoms with Gasteiger partial charge in [-0.1, -0.05) is 18.2 Å². The number of ether oxygens (including phenoxy) is 1. The van der Waals surface area contributed by atoms with Gasteiger partial charge in [0.25, 0.3) is 0 Å². The van der Waals surface area contributed by atoms with Crippen molar-refractivity contribution < 1.29 is 18.7 Å². The molecule has 1 aliphatic carbocycles. The predicted octanol–water partition coefficient (Wildman–Crippen LogP) is 2.34. The number of hydrogen-bond donors (Lipinski definition) is 0. The van der Waals surface area contributed by atoms with E-state index < -0.39 is 11.3 Å². The molecule has 1 aromatic rings. The lowest BCUT2D eigenvalue weighted by Crippen LogP contribution is -2.37. The van der Waals surface area contributed by atoms with Crippen LogP contribution >= 0.6 is 0 Å². The molecular weight excluding hydrogens is 285 g/mol. The summed E-state index contributed by atoms with van der Waals surface area (Å²) in [5, 5.41) is 0. The molecule has 1 aromatic carbocycles. The van der Waals surface area contributed by atoms with Crippen LogP contribution in [0.3, 0.4) is 0 Å². The van der Waals surface area contributed by atoms with E-state index in [0.29, 0.717) is 25.3 Å². The summed E-state index contributed by atoms with van der Waals surface area (Å²) in [5.41, 5.74) is -0.0982. The summed E-state index contributed by atoms with van der Waals surface area (Å²) >= 11 is 0. The van der Waals surface area contributed by atoms with Crippen molar-refractivity contribution in [2.45, 2.75) is 26.2 Å². The van der Waals surface area contributed by atoms with E-state index in [1.54, 1.807) is 36.9 Å². The van der Waals surface area contributed by atoms with Crippen molar-refractivity contribution in [1.82, 2.24) is 4.90 Å². The van der Waals surface area contributed by atoms with E-state index in [2.05, 4.69) is 0 Å². The molecule has 22 heavy (non-hydrogen) atoms. The van der Waals surface area contributed by atoms with Crippen molar-refractivity contribution in [3.63, 3.8) is 0 Å². The smallest absolute Gasteiger partial charge is 0.314 e. The molecule has 1 heterocycles. The van der Waals surface area contributed by atoms with Gasteiger partial charge >= 0.3 is 5.97 Å². The summed E-state index contributed by atoms with van der Waals surface area (Å²) in [4.78, 5) is 26.3. The molecule has 1 saturated carbocycles. The van der Waals surface area contributed by atoms with Crippen LogP contribution in [0.4, 0.5) is 4.39 Å². The summed E-state index contributed by atoms with van der Waals surface area (Å²) < 4.78 is 19.0. The SMILES string of the molecule is CCOC(=O)[C@]12C[C@H]1CN(C(=O)C(C)c1ccccc1F)C2. The Morgan fingerprint density at radius 3 is 2.86 bits per heavy atom. The molecule has 2 fully saturated rings. The number of carbonyl (C=O) groups excluding carboxylic acids is 2. The quantitative estimate of drug-likeness (QED) is 0.802. The Hall–Kier alpha value is -1.91. The first-order chi connectivity index (χ1) is 10.5. The number of piperidine rings is 1. The molecule has 3 rings (SSSR count). The molecule has 5 heteroatoms. The predicted molar refractivity (Wildman–Crippen MR) is 78.6 cm³/mol. The first kappa shape index (κ1) is 15.0. The highest BCUT2D eigenvalue weighted by Gasteiger charge is 2.66. The molecule has 0 bridgehead atoms. The second kappa shape index (κ2) is 5.38. The van der Waals surface area contributed by atoms with Gasteiger partial charge in [0.1, 0.15) is 5.82 Å². The number of amides is 1. The van der Waals surface area contributed by atoms with Gasteiger partial charge in [-0.2, -0.15) is 0 Å². The summed E-state index contributed by atoms with van der Waals surface area (Å²) in [5.74, 6) is -1.04. The van der Waals surface area contributed by atoms with E-state index in [1.807, 2.05) is 0 Å². The highest BCUT2D eigenvalue weighted by Crippen LogP contribution is 2.58. The van der Waals surface area contributed by atoms with Gasteiger partial charge in [-0.15, -0.1) is 0 Å². The van der Waals surface area contributed by atoms with Crippen LogP contribution in [0.5, 0.6) is 0 Å². The molecule has 2 aliphatic rings. The number of carbonyl (C=O) groups is 2. The van der Waals surface area contributed by atoms with E-state index >= 15 is 0 Å². The summed E-state index contributed by atoms with van der Waals surface area (Å²) in [6, 6.07) is 6.33. The van der Waals surface area contributed by atoms with Crippen molar-refractivity contribution in [2.24, 2.45) is 11.3 Å². The van der Waals surface area contributed by atoms with Crippen molar-refractivity contribution in [2.75, 3.05) is 19.7 Å². The fraction of sp³-hybridized carbons (Fsp3) is 0.529. The number of esters is 1. The van der Waals surface area contributed by atoms with E-state index in [1.165, 1.54) is 6.07 Å². The fourth-order valence-corrected chi connectivity index (χ4v) is 3.48. The average molecular weight is 305 g/mol. The van der Waals surface area contributed by atoms with Crippen LogP contribution in [-0.2, 0) is 14.3 Å². The third kappa shape index (κ3) is 2.28. The number of nitrogens with zero attached hydrogens (tertiary/aromatic N) is 1. The molecular formula is C17H20FNO3. The summed E-state index contributed by atoms with van der Waals surface area (Å²) in [7, 11) is 0. The lowest BCUT2D eigenvalue weighted by atomic mass is 9.99. The van der Waals surface area contributed by atoms with Gasteiger partial charge in [-0.05, 0) is 37.8 Å². The highest BCUT2D eigenvalue weighted by atomic mass is 19.1. The summed E-state index contributed by atoms with van der Waals surface area (Å²) in [6.07, 6.45) is 0.795. The molecule has 0 spiro atoms. The fourth-order valence-electron chi connectivity index (χ4n) is 3.48. The van der Waals surface area contributed by atoms with Gasteiger partial charge in [0.05, 0.1) is 17.9 Å². The van der Waals surface area contributed by atoms with E-state index in [-0.39, 0.29) is 23.6 Å². The lowest BCUT2D eigenvalue weighted by Gasteiger charge is -2.24. The topological polar surface area (TPSA) is 46.6 Å². The van der Waals surface area contributed by atoms with Crippen LogP contribution in [0, 0.1) is 17.2 Å². The van der Waals surface area contributed by atoms with Crippen LogP contribution in [0.25, 0.3) is 0 Å². The minimum atomic E-state index is -0.544. The van der Waals surface area contributed by atoms with Gasteiger partial charge in [0, 0.05) is 13.1 Å². The Morgan fingerprint density at radius 2 is 2.18 bits per heavy atom. The third-order valence-corrected chi connectivity index (χ3v) is 4.88. The molecule has 118 valence electrons. The minimum Gasteiger partial charge on any atom is -0.466 e. The van der Waals surface area contributed by atoms with E-state index in [9.17, 15) is 14.0 Å². The molecule has 1 aliphatic heterocycles. The van der Waals surface area contributed by atoms with Crippen LogP contribution in [0.2, 0.25) is 0 Å². The molecule has 1 saturated heterocycles. The van der Waals surface area contributed by atoms with Crippen molar-refractivity contribution in [3.05, 3.63) is 35.6 Å². The van der Waals surface area contributed by atoms with Crippen molar-refractivity contribution >= 4 is 11.9 Å². The molecule has 1 unspecified atom stereocenters. The number of hydrogen-bond acceptors (Lipinski definition) is 3. The van der Waals surface area contributed by atoms with Gasteiger partial charge in [0.15, 0.2) is 0 Å². The molecule has 0 aromatic heterocycles. The minimum absolute atomic E-state index is 0.124. The van der Waals surface area contributed by atoms with Gasteiger partial charge < -0.3 is 9.64 Å². The van der Waals surface area contributed by atoms with Crippen LogP contribution in [0.1, 0.15) is 31.7 Å². The highest BCUT2D eigenvalue weighted by molar-refractivity contribution is 5.87. The largest absolute Gasteiger partial charge is 0.466 e. The zero-order valence-corrected chi connectivity index (χ0v) is 12.8. The second-order valence-electron chi connectivity index (χ2n) is 6.24. The number of likely N-dealkylation sites (tertiary alicyclic amines) is 1. The maximum absolute atomic E-state index is 13.8.